The molecule has 100 valence electrons. The second kappa shape index (κ2) is 7.38. The van der Waals surface area contributed by atoms with Crippen LogP contribution in [0.4, 0.5) is 5.69 Å². The largest absolute Gasteiger partial charge is 0.380 e. The average molecular weight is 315 g/mol. The maximum Gasteiger partial charge on any atom is 0.239 e. The number of hydrogen-bond acceptors (Lipinski definition) is 3. The summed E-state index contributed by atoms with van der Waals surface area (Å²) in [5, 5.41) is 5.96. The highest BCUT2D eigenvalue weighted by molar-refractivity contribution is 9.10. The number of benzene rings is 1. The second-order valence-electron chi connectivity index (χ2n) is 4.27. The third kappa shape index (κ3) is 4.66. The van der Waals surface area contributed by atoms with Crippen molar-refractivity contribution in [1.29, 1.82) is 0 Å². The lowest BCUT2D eigenvalue weighted by Crippen LogP contribution is -2.35. The summed E-state index contributed by atoms with van der Waals surface area (Å²) in [6.45, 7) is 4.63. The monoisotopic (exact) mass is 314 g/mol. The van der Waals surface area contributed by atoms with Crippen molar-refractivity contribution in [2.45, 2.75) is 26.5 Å². The van der Waals surface area contributed by atoms with E-state index in [-0.39, 0.29) is 18.5 Å². The van der Waals surface area contributed by atoms with Crippen molar-refractivity contribution in [3.8, 4) is 0 Å². The zero-order chi connectivity index (χ0) is 13.5. The first-order valence-electron chi connectivity index (χ1n) is 5.84. The lowest BCUT2D eigenvalue weighted by atomic mass is 10.2. The zero-order valence-corrected chi connectivity index (χ0v) is 12.5. The molecule has 1 amide bonds. The number of nitrogens with one attached hydrogen (secondary N) is 2. The van der Waals surface area contributed by atoms with Gasteiger partial charge in [0.1, 0.15) is 0 Å². The summed E-state index contributed by atoms with van der Waals surface area (Å²) >= 11 is 3.47. The molecule has 18 heavy (non-hydrogen) atoms. The third-order valence-corrected chi connectivity index (χ3v) is 3.04. The molecule has 2 N–H and O–H groups in total. The van der Waals surface area contributed by atoms with E-state index in [4.69, 9.17) is 4.74 Å². The highest BCUT2D eigenvalue weighted by Crippen LogP contribution is 2.25. The van der Waals surface area contributed by atoms with Crippen LogP contribution in [0.5, 0.6) is 0 Å². The lowest BCUT2D eigenvalue weighted by molar-refractivity contribution is -0.119. The maximum atomic E-state index is 11.6. The molecule has 5 heteroatoms. The molecule has 1 aromatic carbocycles. The SMILES string of the molecule is COCc1c(Br)cccc1NCC(=O)NC(C)C. The normalized spacial score (nSPS) is 10.5. The summed E-state index contributed by atoms with van der Waals surface area (Å²) in [6, 6.07) is 5.96. The van der Waals surface area contributed by atoms with Crippen LogP contribution in [0.1, 0.15) is 19.4 Å². The zero-order valence-electron chi connectivity index (χ0n) is 10.9. The van der Waals surface area contributed by atoms with Gasteiger partial charge in [0.2, 0.25) is 5.91 Å². The van der Waals surface area contributed by atoms with Gasteiger partial charge in [0, 0.05) is 28.9 Å². The molecule has 0 aliphatic heterocycles. The molecule has 0 atom stereocenters. The summed E-state index contributed by atoms with van der Waals surface area (Å²) in [6.07, 6.45) is 0. The molecule has 0 fully saturated rings. The van der Waals surface area contributed by atoms with Crippen LogP contribution in [0, 0.1) is 0 Å². The van der Waals surface area contributed by atoms with E-state index >= 15 is 0 Å². The number of anilines is 1. The highest BCUT2D eigenvalue weighted by Gasteiger charge is 2.08. The van der Waals surface area contributed by atoms with Crippen LogP contribution in [-0.2, 0) is 16.1 Å². The summed E-state index contributed by atoms with van der Waals surface area (Å²) in [5.74, 6) is -0.0201. The van der Waals surface area contributed by atoms with Crippen molar-refractivity contribution in [1.82, 2.24) is 5.32 Å². The predicted octanol–water partition coefficient (Wildman–Crippen LogP) is 2.53. The summed E-state index contributed by atoms with van der Waals surface area (Å²) in [7, 11) is 1.65. The van der Waals surface area contributed by atoms with Crippen molar-refractivity contribution in [3.05, 3.63) is 28.2 Å². The fourth-order valence-electron chi connectivity index (χ4n) is 1.56. The molecule has 0 spiro atoms. The maximum absolute atomic E-state index is 11.6. The minimum Gasteiger partial charge on any atom is -0.380 e. The van der Waals surface area contributed by atoms with Gasteiger partial charge in [0.25, 0.3) is 0 Å². The van der Waals surface area contributed by atoms with Gasteiger partial charge < -0.3 is 15.4 Å². The number of halogens is 1. The molecular formula is C13H19BrN2O2. The smallest absolute Gasteiger partial charge is 0.239 e. The van der Waals surface area contributed by atoms with E-state index in [9.17, 15) is 4.79 Å². The van der Waals surface area contributed by atoms with E-state index in [0.29, 0.717) is 6.61 Å². The molecule has 1 rings (SSSR count). The number of carbonyl (C=O) groups is 1. The Morgan fingerprint density at radius 1 is 1.44 bits per heavy atom. The van der Waals surface area contributed by atoms with E-state index in [1.807, 2.05) is 32.0 Å². The van der Waals surface area contributed by atoms with Crippen molar-refractivity contribution in [2.24, 2.45) is 0 Å². The van der Waals surface area contributed by atoms with Crippen molar-refractivity contribution in [2.75, 3.05) is 19.0 Å². The van der Waals surface area contributed by atoms with E-state index in [1.54, 1.807) is 7.11 Å². The molecule has 0 radical (unpaired) electrons. The van der Waals surface area contributed by atoms with Crippen molar-refractivity contribution >= 4 is 27.5 Å². The van der Waals surface area contributed by atoms with Gasteiger partial charge in [-0.15, -0.1) is 0 Å². The Morgan fingerprint density at radius 3 is 2.78 bits per heavy atom. The minimum absolute atomic E-state index is 0.0201. The van der Waals surface area contributed by atoms with Crippen LogP contribution in [-0.4, -0.2) is 25.6 Å². The number of rotatable bonds is 6. The number of ether oxygens (including phenoxy) is 1. The summed E-state index contributed by atoms with van der Waals surface area (Å²) in [4.78, 5) is 11.6. The summed E-state index contributed by atoms with van der Waals surface area (Å²) < 4.78 is 6.12. The van der Waals surface area contributed by atoms with Crippen LogP contribution >= 0.6 is 15.9 Å². The van der Waals surface area contributed by atoms with Crippen LogP contribution in [0.3, 0.4) is 0 Å². The number of amides is 1. The van der Waals surface area contributed by atoms with Crippen LogP contribution in [0.2, 0.25) is 0 Å². The third-order valence-electron chi connectivity index (χ3n) is 2.30. The number of methoxy groups -OCH3 is 1. The lowest BCUT2D eigenvalue weighted by Gasteiger charge is -2.14. The first kappa shape index (κ1) is 15.0. The molecule has 0 saturated heterocycles. The van der Waals surface area contributed by atoms with Crippen LogP contribution in [0.25, 0.3) is 0 Å². The minimum atomic E-state index is -0.0201. The molecule has 0 aromatic heterocycles. The van der Waals surface area contributed by atoms with Gasteiger partial charge in [-0.25, -0.2) is 0 Å². The Morgan fingerprint density at radius 2 is 2.17 bits per heavy atom. The van der Waals surface area contributed by atoms with E-state index in [0.717, 1.165) is 15.7 Å². The molecule has 0 heterocycles. The molecule has 1 aromatic rings. The van der Waals surface area contributed by atoms with Crippen molar-refractivity contribution < 1.29 is 9.53 Å². The van der Waals surface area contributed by atoms with Gasteiger partial charge in [-0.05, 0) is 26.0 Å². The van der Waals surface area contributed by atoms with E-state index < -0.39 is 0 Å². The number of carbonyl (C=O) groups excluding carboxylic acids is 1. The highest BCUT2D eigenvalue weighted by atomic mass is 79.9. The molecule has 0 unspecified atom stereocenters. The van der Waals surface area contributed by atoms with Crippen molar-refractivity contribution in [3.63, 3.8) is 0 Å². The first-order chi connectivity index (χ1) is 8.54. The Balaban J connectivity index is 2.66. The van der Waals surface area contributed by atoms with Gasteiger partial charge in [-0.3, -0.25) is 4.79 Å². The second-order valence-corrected chi connectivity index (χ2v) is 5.13. The Bertz CT molecular complexity index is 408. The topological polar surface area (TPSA) is 50.4 Å². The average Bonchev–Trinajstić information content (AvgIpc) is 2.29. The fourth-order valence-corrected chi connectivity index (χ4v) is 2.04. The molecule has 0 aliphatic carbocycles. The molecule has 0 bridgehead atoms. The molecular weight excluding hydrogens is 296 g/mol. The predicted molar refractivity (Wildman–Crippen MR) is 76.6 cm³/mol. The first-order valence-corrected chi connectivity index (χ1v) is 6.63. The Kier molecular flexibility index (Phi) is 6.15. The van der Waals surface area contributed by atoms with Gasteiger partial charge in [-0.2, -0.15) is 0 Å². The number of hydrogen-bond donors (Lipinski definition) is 2. The van der Waals surface area contributed by atoms with E-state index in [2.05, 4.69) is 26.6 Å². The van der Waals surface area contributed by atoms with Gasteiger partial charge >= 0.3 is 0 Å². The Hall–Kier alpha value is -1.07. The van der Waals surface area contributed by atoms with Crippen LogP contribution < -0.4 is 10.6 Å². The van der Waals surface area contributed by atoms with Crippen LogP contribution in [0.15, 0.2) is 22.7 Å². The summed E-state index contributed by atoms with van der Waals surface area (Å²) in [5.41, 5.74) is 1.92. The van der Waals surface area contributed by atoms with E-state index in [1.165, 1.54) is 0 Å². The molecule has 0 saturated carbocycles. The van der Waals surface area contributed by atoms with Gasteiger partial charge in [0.05, 0.1) is 13.2 Å². The molecule has 0 aliphatic rings. The fraction of sp³-hybridized carbons (Fsp3) is 0.462. The standard InChI is InChI=1S/C13H19BrN2O2/c1-9(2)16-13(17)7-15-12-6-4-5-11(14)10(12)8-18-3/h4-6,9,15H,7-8H2,1-3H3,(H,16,17). The van der Waals surface area contributed by atoms with Gasteiger partial charge in [-0.1, -0.05) is 22.0 Å². The Labute approximate surface area is 116 Å². The molecule has 4 nitrogen and oxygen atoms in total. The quantitative estimate of drug-likeness (QED) is 0.848. The van der Waals surface area contributed by atoms with Gasteiger partial charge in [0.15, 0.2) is 0 Å².